The zero-order valence-corrected chi connectivity index (χ0v) is 39.1. The largest absolute Gasteiger partial charge is 0.454 e. The van der Waals surface area contributed by atoms with Crippen LogP contribution in [-0.4, -0.2) is 107 Å². The first-order valence-corrected chi connectivity index (χ1v) is 22.6. The Balaban J connectivity index is 0.000000169. The Morgan fingerprint density at radius 3 is 1.04 bits per heavy atom. The van der Waals surface area contributed by atoms with Crippen LogP contribution in [0.15, 0.2) is 83.9 Å². The van der Waals surface area contributed by atoms with Gasteiger partial charge < -0.3 is 57.6 Å². The Bertz CT molecular complexity index is 2670. The van der Waals surface area contributed by atoms with Gasteiger partial charge in [-0.2, -0.15) is 52.7 Å². The van der Waals surface area contributed by atoms with Crippen LogP contribution in [0.25, 0.3) is 11.1 Å². The van der Waals surface area contributed by atoms with Gasteiger partial charge in [0.15, 0.2) is 46.0 Å². The molecule has 4 aromatic rings. The summed E-state index contributed by atoms with van der Waals surface area (Å²) >= 11 is 4.22. The van der Waals surface area contributed by atoms with E-state index in [1.54, 1.807) is 24.3 Å². The fourth-order valence-electron chi connectivity index (χ4n) is 8.45. The molecule has 0 aliphatic carbocycles. The van der Waals surface area contributed by atoms with Crippen molar-refractivity contribution in [2.75, 3.05) is 53.4 Å². The van der Waals surface area contributed by atoms with Crippen LogP contribution in [0, 0.1) is 0 Å². The molecule has 6 aliphatic rings. The molecule has 75 heavy (non-hydrogen) atoms. The number of rotatable bonds is 6. The van der Waals surface area contributed by atoms with Crippen molar-refractivity contribution < 1.29 is 110 Å². The number of likely N-dealkylation sites (tertiary alicyclic amines) is 1. The lowest BCUT2D eigenvalue weighted by atomic mass is 9.88. The van der Waals surface area contributed by atoms with Gasteiger partial charge in [-0.3, -0.25) is 0 Å². The van der Waals surface area contributed by atoms with Crippen molar-refractivity contribution in [3.63, 3.8) is 0 Å². The van der Waals surface area contributed by atoms with Gasteiger partial charge in [0.1, 0.15) is 0 Å². The molecular weight excluding hydrogens is 1060 g/mol. The fourth-order valence-corrected chi connectivity index (χ4v) is 8.54. The summed E-state index contributed by atoms with van der Waals surface area (Å²) in [7, 11) is 0. The molecule has 2 saturated heterocycles. The highest BCUT2D eigenvalue weighted by molar-refractivity contribution is 6.61. The molecule has 0 spiro atoms. The van der Waals surface area contributed by atoms with Gasteiger partial charge in [0.25, 0.3) is 12.2 Å². The summed E-state index contributed by atoms with van der Waals surface area (Å²) < 4.78 is 197. The van der Waals surface area contributed by atoms with E-state index in [0.717, 1.165) is 87.2 Å². The van der Waals surface area contributed by atoms with E-state index in [-0.39, 0.29) is 39.5 Å². The molecule has 0 aromatic heterocycles. The molecule has 2 fully saturated rings. The number of alkyl halides is 12. The first kappa shape index (κ1) is 54.2. The average Bonchev–Trinajstić information content (AvgIpc) is 4.20. The molecule has 4 aromatic carbocycles. The highest BCUT2D eigenvalue weighted by atomic mass is 35.5. The number of piperidine rings is 2. The van der Waals surface area contributed by atoms with Gasteiger partial charge in [-0.25, -0.2) is 9.59 Å². The van der Waals surface area contributed by atoms with E-state index in [0.29, 0.717) is 36.6 Å². The topological polar surface area (TPSA) is 142 Å². The Morgan fingerprint density at radius 2 is 0.747 bits per heavy atom. The number of carbonyl (C=O) groups excluding carboxylic acids is 2. The Morgan fingerprint density at radius 1 is 0.453 bits per heavy atom. The monoisotopic (exact) mass is 1100 g/mol. The van der Waals surface area contributed by atoms with Crippen molar-refractivity contribution in [2.24, 2.45) is 0 Å². The van der Waals surface area contributed by atoms with E-state index in [2.05, 4.69) is 50.7 Å². The van der Waals surface area contributed by atoms with E-state index in [9.17, 15) is 62.3 Å². The minimum Gasteiger partial charge on any atom is -0.454 e. The van der Waals surface area contributed by atoms with Crippen LogP contribution in [0.5, 0.6) is 46.0 Å². The van der Waals surface area contributed by atoms with Crippen LogP contribution in [0.3, 0.4) is 0 Å². The van der Waals surface area contributed by atoms with Crippen LogP contribution in [0.1, 0.15) is 47.9 Å². The van der Waals surface area contributed by atoms with Gasteiger partial charge in [-0.15, -0.1) is 0 Å². The smallest absolute Gasteiger partial charge is 0.434 e. The van der Waals surface area contributed by atoms with E-state index in [1.165, 1.54) is 11.1 Å². The lowest BCUT2D eigenvalue weighted by Crippen LogP contribution is -2.49. The van der Waals surface area contributed by atoms with Crippen molar-refractivity contribution in [2.45, 2.75) is 62.6 Å². The zero-order valence-electron chi connectivity index (χ0n) is 38.3. The summed E-state index contributed by atoms with van der Waals surface area (Å²) in [5, 5.41) is 3.43. The van der Waals surface area contributed by atoms with Crippen LogP contribution >= 0.6 is 11.6 Å². The lowest BCUT2D eigenvalue weighted by molar-refractivity contribution is -0.308. The number of hydrogen-bond donors (Lipinski definition) is 1. The van der Waals surface area contributed by atoms with E-state index in [1.807, 2.05) is 24.3 Å². The van der Waals surface area contributed by atoms with E-state index in [4.69, 9.17) is 37.9 Å². The van der Waals surface area contributed by atoms with E-state index >= 15 is 0 Å². The fraction of sp³-hybridized carbons (Fsp3) is 0.375. The number of halogens is 13. The molecule has 0 atom stereocenters. The minimum absolute atomic E-state index is 0.0721. The standard InChI is InChI=1S/C24H19F6NO6.C20H19NO4.C4HClF6O2/c25-23(26,27)21(24(28,29)30)37-22(32)31-7-5-13(6-8-31)20(14-1-3-16-18(9-14)35-11-33-16)15-2-4-17-19(10-15)36-12-34-17;1-3-16-18(24-11-22-16)9-14(1)20(13-5-7-21-8-6-13)15-2-4-17-19(10-15)25-12-23-17;5-2(12)13-1(3(6,7)8)4(9,10)11/h1-4,9-10,21H,5-8,11-12H2;1-4,9-10,21H,5-8,11-12H2;1H. The van der Waals surface area contributed by atoms with Crippen molar-refractivity contribution in [3.8, 4) is 46.0 Å². The molecule has 14 nitrogen and oxygen atoms in total. The van der Waals surface area contributed by atoms with Crippen molar-refractivity contribution in [1.82, 2.24) is 10.2 Å². The number of nitrogens with zero attached hydrogens (tertiary/aromatic N) is 1. The molecule has 1 amide bonds. The van der Waals surface area contributed by atoms with Crippen molar-refractivity contribution in [1.29, 1.82) is 0 Å². The quantitative estimate of drug-likeness (QED) is 0.145. The molecule has 6 aliphatic heterocycles. The number of carbonyl (C=O) groups is 2. The zero-order chi connectivity index (χ0) is 53.9. The average molecular weight is 1100 g/mol. The van der Waals surface area contributed by atoms with Gasteiger partial charge in [-0.05, 0) is 121 Å². The Kier molecular flexibility index (Phi) is 15.9. The Labute approximate surface area is 421 Å². The summed E-state index contributed by atoms with van der Waals surface area (Å²) in [6, 6.07) is 23.1. The molecule has 6 heterocycles. The number of nitrogens with one attached hydrogen (secondary N) is 1. The van der Waals surface area contributed by atoms with Gasteiger partial charge in [0.05, 0.1) is 0 Å². The molecule has 10 rings (SSSR count). The van der Waals surface area contributed by atoms with Gasteiger partial charge in [-0.1, -0.05) is 35.4 Å². The summed E-state index contributed by atoms with van der Waals surface area (Å²) in [6.07, 6.45) is -30.6. The van der Waals surface area contributed by atoms with Crippen molar-refractivity contribution in [3.05, 3.63) is 106 Å². The molecule has 0 radical (unpaired) electrons. The highest BCUT2D eigenvalue weighted by Crippen LogP contribution is 2.45. The second-order valence-electron chi connectivity index (χ2n) is 16.6. The summed E-state index contributed by atoms with van der Waals surface area (Å²) in [5.74, 6) is 5.44. The molecule has 27 heteroatoms. The highest BCUT2D eigenvalue weighted by Gasteiger charge is 2.61. The van der Waals surface area contributed by atoms with Crippen LogP contribution in [0.4, 0.5) is 62.3 Å². The number of ether oxygens (including phenoxy) is 10. The maximum absolute atomic E-state index is 12.8. The van der Waals surface area contributed by atoms with Crippen LogP contribution in [-0.2, 0) is 9.47 Å². The summed E-state index contributed by atoms with van der Waals surface area (Å²) in [6.45, 7) is 2.48. The molecule has 1 N–H and O–H groups in total. The van der Waals surface area contributed by atoms with E-state index < -0.39 is 48.4 Å². The van der Waals surface area contributed by atoms with Crippen LogP contribution < -0.4 is 43.2 Å². The first-order valence-electron chi connectivity index (χ1n) is 22.3. The third kappa shape index (κ3) is 13.1. The Hall–Kier alpha value is -7.09. The second-order valence-corrected chi connectivity index (χ2v) is 16.9. The number of benzene rings is 4. The molecule has 404 valence electrons. The minimum atomic E-state index is -5.78. The third-order valence-electron chi connectivity index (χ3n) is 11.8. The van der Waals surface area contributed by atoms with Gasteiger partial charge in [0.2, 0.25) is 27.2 Å². The summed E-state index contributed by atoms with van der Waals surface area (Å²) in [5.41, 5.74) is 5.97. The maximum atomic E-state index is 12.8. The lowest BCUT2D eigenvalue weighted by Gasteiger charge is -2.31. The second kappa shape index (κ2) is 22.0. The number of hydrogen-bond acceptors (Lipinski definition) is 13. The van der Waals surface area contributed by atoms with Gasteiger partial charge >= 0.3 is 36.2 Å². The number of fused-ring (bicyclic) bond motifs is 4. The summed E-state index contributed by atoms with van der Waals surface area (Å²) in [4.78, 5) is 22.7. The maximum Gasteiger partial charge on any atom is 0.434 e. The molecule has 0 unspecified atom stereocenters. The number of amides is 1. The molecule has 0 bridgehead atoms. The normalized spacial score (nSPS) is 16.5. The third-order valence-corrected chi connectivity index (χ3v) is 11.9. The first-order chi connectivity index (χ1) is 35.4. The molecular formula is C48H39ClF12N2O12. The van der Waals surface area contributed by atoms with Gasteiger partial charge in [0, 0.05) is 24.7 Å². The SMILES string of the molecule is O=C(Cl)OC(C(F)(F)F)C(F)(F)F.O=C(OC(C(F)(F)F)C(F)(F)F)N1CCC(=C(c2ccc3c(c2)OCO3)c2ccc3c(c2)OCO3)CC1.c1cc2c(cc1C(=C1CCNCC1)c1ccc3c(c1)OCO3)OCO2. The van der Waals surface area contributed by atoms with Crippen LogP contribution in [0.2, 0.25) is 0 Å². The van der Waals surface area contributed by atoms with Crippen molar-refractivity contribution >= 4 is 34.3 Å². The predicted octanol–water partition coefficient (Wildman–Crippen LogP) is 11.9. The predicted molar refractivity (Wildman–Crippen MR) is 236 cm³/mol. The molecule has 0 saturated carbocycles.